The monoisotopic (exact) mass is 678 g/mol. The standard InChI is InChI=1S/C51H38N2/c1-51(2)43-24-10-6-22-42(43)50-41(23-16-25-44(50)51)40-21-9-11-26-45(40)52(37-33-31-36(32-34-37)35-17-4-3-5-18-35)48-29-14-15-30-49(48)53-46-27-12-7-19-38(46)39-20-8-13-28-47(39)53/h3-34H,1-2H3. The van der Waals surface area contributed by atoms with E-state index in [4.69, 9.17) is 0 Å². The van der Waals surface area contributed by atoms with Gasteiger partial charge in [0, 0.05) is 27.4 Å². The Morgan fingerprint density at radius 1 is 0.396 bits per heavy atom. The number of nitrogens with zero attached hydrogens (tertiary/aromatic N) is 2. The van der Waals surface area contributed by atoms with Crippen molar-refractivity contribution >= 4 is 38.9 Å². The number of hydrogen-bond donors (Lipinski definition) is 0. The van der Waals surface area contributed by atoms with Crippen LogP contribution in [0.5, 0.6) is 0 Å². The van der Waals surface area contributed by atoms with Crippen LogP contribution in [0.15, 0.2) is 194 Å². The van der Waals surface area contributed by atoms with E-state index in [9.17, 15) is 0 Å². The summed E-state index contributed by atoms with van der Waals surface area (Å²) in [6.07, 6.45) is 0. The molecule has 0 saturated carbocycles. The average molecular weight is 679 g/mol. The molecule has 8 aromatic carbocycles. The minimum atomic E-state index is -0.0903. The first kappa shape index (κ1) is 31.1. The fourth-order valence-electron chi connectivity index (χ4n) is 8.74. The van der Waals surface area contributed by atoms with Crippen molar-refractivity contribution in [1.82, 2.24) is 4.57 Å². The second-order valence-corrected chi connectivity index (χ2v) is 14.5. The van der Waals surface area contributed by atoms with Crippen molar-refractivity contribution in [3.63, 3.8) is 0 Å². The van der Waals surface area contributed by atoms with Crippen molar-refractivity contribution in [2.24, 2.45) is 0 Å². The van der Waals surface area contributed by atoms with Gasteiger partial charge in [0.2, 0.25) is 0 Å². The molecule has 10 rings (SSSR count). The lowest BCUT2D eigenvalue weighted by Gasteiger charge is -2.31. The van der Waals surface area contributed by atoms with Crippen molar-refractivity contribution in [3.8, 4) is 39.1 Å². The minimum absolute atomic E-state index is 0.0903. The molecule has 9 aromatic rings. The summed E-state index contributed by atoms with van der Waals surface area (Å²) in [6.45, 7) is 4.71. The van der Waals surface area contributed by atoms with E-state index < -0.39 is 0 Å². The van der Waals surface area contributed by atoms with Crippen LogP contribution in [0.25, 0.3) is 60.9 Å². The predicted molar refractivity (Wildman–Crippen MR) is 224 cm³/mol. The first-order valence-electron chi connectivity index (χ1n) is 18.5. The lowest BCUT2D eigenvalue weighted by molar-refractivity contribution is 0.660. The molecule has 1 heterocycles. The van der Waals surface area contributed by atoms with Gasteiger partial charge in [-0.15, -0.1) is 0 Å². The summed E-state index contributed by atoms with van der Waals surface area (Å²) in [5.41, 5.74) is 17.0. The zero-order valence-corrected chi connectivity index (χ0v) is 29.9. The first-order valence-corrected chi connectivity index (χ1v) is 18.5. The van der Waals surface area contributed by atoms with Gasteiger partial charge in [-0.05, 0) is 81.4 Å². The molecule has 252 valence electrons. The molecule has 0 bridgehead atoms. The van der Waals surface area contributed by atoms with E-state index in [2.05, 4.69) is 217 Å². The summed E-state index contributed by atoms with van der Waals surface area (Å²) in [4.78, 5) is 2.47. The maximum absolute atomic E-state index is 2.47. The number of hydrogen-bond acceptors (Lipinski definition) is 1. The van der Waals surface area contributed by atoms with Crippen molar-refractivity contribution in [3.05, 3.63) is 205 Å². The normalized spacial score (nSPS) is 12.9. The lowest BCUT2D eigenvalue weighted by atomic mass is 9.82. The van der Waals surface area contributed by atoms with Gasteiger partial charge >= 0.3 is 0 Å². The topological polar surface area (TPSA) is 8.17 Å². The summed E-state index contributed by atoms with van der Waals surface area (Å²) in [7, 11) is 0. The fourth-order valence-corrected chi connectivity index (χ4v) is 8.74. The van der Waals surface area contributed by atoms with Gasteiger partial charge < -0.3 is 9.47 Å². The number of benzene rings is 8. The van der Waals surface area contributed by atoms with Crippen LogP contribution in [-0.2, 0) is 5.41 Å². The molecule has 2 heteroatoms. The molecule has 53 heavy (non-hydrogen) atoms. The summed E-state index contributed by atoms with van der Waals surface area (Å²) < 4.78 is 2.44. The molecule has 0 fully saturated rings. The third-order valence-corrected chi connectivity index (χ3v) is 11.2. The third-order valence-electron chi connectivity index (χ3n) is 11.2. The van der Waals surface area contributed by atoms with Crippen molar-refractivity contribution < 1.29 is 0 Å². The number of rotatable bonds is 6. The van der Waals surface area contributed by atoms with Gasteiger partial charge in [0.1, 0.15) is 0 Å². The van der Waals surface area contributed by atoms with Crippen LogP contribution in [0.3, 0.4) is 0 Å². The van der Waals surface area contributed by atoms with Gasteiger partial charge in [0.25, 0.3) is 0 Å². The van der Waals surface area contributed by atoms with E-state index in [1.165, 1.54) is 66.3 Å². The van der Waals surface area contributed by atoms with E-state index >= 15 is 0 Å². The fraction of sp³-hybridized carbons (Fsp3) is 0.0588. The molecule has 0 unspecified atom stereocenters. The van der Waals surface area contributed by atoms with Crippen LogP contribution in [0.2, 0.25) is 0 Å². The van der Waals surface area contributed by atoms with Crippen LogP contribution in [-0.4, -0.2) is 4.57 Å². The minimum Gasteiger partial charge on any atom is -0.308 e. The maximum atomic E-state index is 2.47. The second-order valence-electron chi connectivity index (χ2n) is 14.5. The number of anilines is 3. The molecular weight excluding hydrogens is 641 g/mol. The summed E-state index contributed by atoms with van der Waals surface area (Å²) in [5.74, 6) is 0. The lowest BCUT2D eigenvalue weighted by Crippen LogP contribution is -2.15. The van der Waals surface area contributed by atoms with E-state index in [-0.39, 0.29) is 5.41 Å². The maximum Gasteiger partial charge on any atom is 0.0702 e. The summed E-state index contributed by atoms with van der Waals surface area (Å²) >= 11 is 0. The number of fused-ring (bicyclic) bond motifs is 6. The average Bonchev–Trinajstić information content (AvgIpc) is 3.68. The Morgan fingerprint density at radius 2 is 0.925 bits per heavy atom. The Labute approximate surface area is 310 Å². The van der Waals surface area contributed by atoms with Gasteiger partial charge in [-0.2, -0.15) is 0 Å². The van der Waals surface area contributed by atoms with E-state index in [1.807, 2.05) is 0 Å². The van der Waals surface area contributed by atoms with Crippen molar-refractivity contribution in [2.75, 3.05) is 4.90 Å². The van der Waals surface area contributed by atoms with E-state index in [1.54, 1.807) is 0 Å². The Balaban J connectivity index is 1.25. The first-order chi connectivity index (χ1) is 26.1. The quantitative estimate of drug-likeness (QED) is 0.170. The van der Waals surface area contributed by atoms with E-state index in [0.717, 1.165) is 22.7 Å². The van der Waals surface area contributed by atoms with Crippen LogP contribution >= 0.6 is 0 Å². The van der Waals surface area contributed by atoms with Gasteiger partial charge in [-0.25, -0.2) is 0 Å². The molecule has 0 atom stereocenters. The highest BCUT2D eigenvalue weighted by atomic mass is 15.2. The highest BCUT2D eigenvalue weighted by Crippen LogP contribution is 2.54. The Bertz CT molecular complexity index is 2750. The largest absolute Gasteiger partial charge is 0.308 e. The molecule has 0 spiro atoms. The zero-order chi connectivity index (χ0) is 35.5. The highest BCUT2D eigenvalue weighted by Gasteiger charge is 2.37. The van der Waals surface area contributed by atoms with Crippen LogP contribution in [0.1, 0.15) is 25.0 Å². The van der Waals surface area contributed by atoms with Gasteiger partial charge in [-0.1, -0.05) is 166 Å². The Hall–Kier alpha value is -6.64. The van der Waals surface area contributed by atoms with E-state index in [0.29, 0.717) is 0 Å². The Kier molecular flexibility index (Phi) is 7.19. The number of para-hydroxylation sites is 5. The summed E-state index contributed by atoms with van der Waals surface area (Å²) in [5, 5.41) is 2.50. The summed E-state index contributed by atoms with van der Waals surface area (Å²) in [6, 6.07) is 70.8. The van der Waals surface area contributed by atoms with Crippen molar-refractivity contribution in [2.45, 2.75) is 19.3 Å². The van der Waals surface area contributed by atoms with Crippen LogP contribution in [0, 0.1) is 0 Å². The zero-order valence-electron chi connectivity index (χ0n) is 29.9. The predicted octanol–water partition coefficient (Wildman–Crippen LogP) is 13.9. The molecular formula is C51H38N2. The second kappa shape index (κ2) is 12.3. The molecule has 1 aromatic heterocycles. The SMILES string of the molecule is CC1(C)c2ccccc2-c2c(-c3ccccc3N(c3ccc(-c4ccccc4)cc3)c3ccccc3-n3c4ccccc4c4ccccc43)cccc21. The molecule has 1 aliphatic carbocycles. The van der Waals surface area contributed by atoms with Gasteiger partial charge in [-0.3, -0.25) is 0 Å². The molecule has 0 aliphatic heterocycles. The molecule has 0 saturated heterocycles. The molecule has 1 aliphatic rings. The van der Waals surface area contributed by atoms with Gasteiger partial charge in [0.15, 0.2) is 0 Å². The third kappa shape index (κ3) is 4.87. The number of aromatic nitrogens is 1. The van der Waals surface area contributed by atoms with Gasteiger partial charge in [0.05, 0.1) is 28.1 Å². The van der Waals surface area contributed by atoms with Crippen LogP contribution < -0.4 is 4.90 Å². The highest BCUT2D eigenvalue weighted by molar-refractivity contribution is 6.10. The molecule has 2 nitrogen and oxygen atoms in total. The Morgan fingerprint density at radius 3 is 1.66 bits per heavy atom. The smallest absolute Gasteiger partial charge is 0.0702 e. The van der Waals surface area contributed by atoms with Crippen LogP contribution in [0.4, 0.5) is 17.1 Å². The molecule has 0 radical (unpaired) electrons. The molecule has 0 N–H and O–H groups in total. The van der Waals surface area contributed by atoms with Crippen molar-refractivity contribution in [1.29, 1.82) is 0 Å². The molecule has 0 amide bonds.